The van der Waals surface area contributed by atoms with Gasteiger partial charge in [0.2, 0.25) is 0 Å². The van der Waals surface area contributed by atoms with Gasteiger partial charge in [0, 0.05) is 12.0 Å². The SMILES string of the molecule is N#CCCCOc1ccc(F)cc1CCl. The van der Waals surface area contributed by atoms with E-state index in [9.17, 15) is 4.39 Å². The van der Waals surface area contributed by atoms with Crippen LogP contribution in [0.3, 0.4) is 0 Å². The quantitative estimate of drug-likeness (QED) is 0.572. The van der Waals surface area contributed by atoms with E-state index in [2.05, 4.69) is 0 Å². The standard InChI is InChI=1S/C11H11ClFNO/c12-8-9-7-10(13)3-4-11(9)15-6-2-1-5-14/h3-4,7H,1-2,6,8H2. The number of nitrogens with zero attached hydrogens (tertiary/aromatic N) is 1. The van der Waals surface area contributed by atoms with Crippen LogP contribution in [0.25, 0.3) is 0 Å². The molecule has 1 aromatic rings. The molecule has 0 spiro atoms. The van der Waals surface area contributed by atoms with Gasteiger partial charge in [-0.25, -0.2) is 4.39 Å². The molecule has 1 rings (SSSR count). The third kappa shape index (κ3) is 3.77. The highest BCUT2D eigenvalue weighted by Gasteiger charge is 2.03. The first-order chi connectivity index (χ1) is 7.27. The number of unbranched alkanes of at least 4 members (excludes halogenated alkanes) is 1. The summed E-state index contributed by atoms with van der Waals surface area (Å²) in [5.41, 5.74) is 0.633. The van der Waals surface area contributed by atoms with Crippen LogP contribution in [-0.4, -0.2) is 6.61 Å². The number of benzene rings is 1. The highest BCUT2D eigenvalue weighted by atomic mass is 35.5. The molecule has 15 heavy (non-hydrogen) atoms. The topological polar surface area (TPSA) is 33.0 Å². The van der Waals surface area contributed by atoms with Gasteiger partial charge in [-0.3, -0.25) is 0 Å². The Morgan fingerprint density at radius 3 is 2.93 bits per heavy atom. The van der Waals surface area contributed by atoms with Crippen molar-refractivity contribution in [2.45, 2.75) is 18.7 Å². The van der Waals surface area contributed by atoms with Crippen molar-refractivity contribution in [2.24, 2.45) is 0 Å². The number of ether oxygens (including phenoxy) is 1. The molecule has 0 radical (unpaired) electrons. The minimum Gasteiger partial charge on any atom is -0.493 e. The lowest BCUT2D eigenvalue weighted by molar-refractivity contribution is 0.310. The van der Waals surface area contributed by atoms with Gasteiger partial charge < -0.3 is 4.74 Å². The van der Waals surface area contributed by atoms with Crippen LogP contribution < -0.4 is 4.74 Å². The smallest absolute Gasteiger partial charge is 0.123 e. The number of hydrogen-bond acceptors (Lipinski definition) is 2. The minimum atomic E-state index is -0.324. The summed E-state index contributed by atoms with van der Waals surface area (Å²) in [5.74, 6) is 0.477. The molecule has 0 aromatic heterocycles. The van der Waals surface area contributed by atoms with E-state index in [0.29, 0.717) is 30.8 Å². The maximum Gasteiger partial charge on any atom is 0.123 e. The van der Waals surface area contributed by atoms with E-state index in [0.717, 1.165) is 0 Å². The second-order valence-electron chi connectivity index (χ2n) is 3.00. The molecule has 80 valence electrons. The predicted octanol–water partition coefficient (Wildman–Crippen LogP) is 3.25. The zero-order valence-electron chi connectivity index (χ0n) is 8.17. The summed E-state index contributed by atoms with van der Waals surface area (Å²) in [5, 5.41) is 8.32. The zero-order chi connectivity index (χ0) is 11.1. The first-order valence-electron chi connectivity index (χ1n) is 4.62. The van der Waals surface area contributed by atoms with Gasteiger partial charge in [0.15, 0.2) is 0 Å². The molecule has 0 N–H and O–H groups in total. The van der Waals surface area contributed by atoms with Gasteiger partial charge in [-0.05, 0) is 24.6 Å². The minimum absolute atomic E-state index is 0.214. The predicted molar refractivity (Wildman–Crippen MR) is 56.3 cm³/mol. The van der Waals surface area contributed by atoms with E-state index >= 15 is 0 Å². The van der Waals surface area contributed by atoms with Crippen molar-refractivity contribution in [3.63, 3.8) is 0 Å². The number of halogens is 2. The molecular weight excluding hydrogens is 217 g/mol. The van der Waals surface area contributed by atoms with Crippen LogP contribution in [0.15, 0.2) is 18.2 Å². The Labute approximate surface area is 93.2 Å². The fourth-order valence-electron chi connectivity index (χ4n) is 1.13. The summed E-state index contributed by atoms with van der Waals surface area (Å²) >= 11 is 5.65. The van der Waals surface area contributed by atoms with Crippen LogP contribution in [-0.2, 0) is 5.88 Å². The molecule has 4 heteroatoms. The van der Waals surface area contributed by atoms with Crippen LogP contribution in [0.4, 0.5) is 4.39 Å². The molecular formula is C11H11ClFNO. The molecule has 2 nitrogen and oxygen atoms in total. The van der Waals surface area contributed by atoms with Crippen LogP contribution in [0.2, 0.25) is 0 Å². The van der Waals surface area contributed by atoms with Gasteiger partial charge in [0.25, 0.3) is 0 Å². The molecule has 0 aliphatic heterocycles. The number of nitriles is 1. The molecule has 0 bridgehead atoms. The first-order valence-corrected chi connectivity index (χ1v) is 5.15. The van der Waals surface area contributed by atoms with Crippen molar-refractivity contribution in [3.8, 4) is 11.8 Å². The lowest BCUT2D eigenvalue weighted by Crippen LogP contribution is -1.99. The molecule has 0 amide bonds. The molecule has 0 atom stereocenters. The molecule has 0 aliphatic carbocycles. The molecule has 0 aliphatic rings. The Bertz CT molecular complexity index is 362. The summed E-state index contributed by atoms with van der Waals surface area (Å²) in [6, 6.07) is 6.26. The maximum absolute atomic E-state index is 12.8. The van der Waals surface area contributed by atoms with Gasteiger partial charge in [0.1, 0.15) is 11.6 Å². The Kier molecular flexibility index (Phi) is 4.92. The largest absolute Gasteiger partial charge is 0.493 e. The van der Waals surface area contributed by atoms with E-state index in [1.54, 1.807) is 6.07 Å². The molecule has 0 heterocycles. The lowest BCUT2D eigenvalue weighted by atomic mass is 10.2. The zero-order valence-corrected chi connectivity index (χ0v) is 8.93. The van der Waals surface area contributed by atoms with Gasteiger partial charge >= 0.3 is 0 Å². The highest BCUT2D eigenvalue weighted by molar-refractivity contribution is 6.17. The second-order valence-corrected chi connectivity index (χ2v) is 3.26. The molecule has 0 saturated heterocycles. The molecule has 1 aromatic carbocycles. The van der Waals surface area contributed by atoms with E-state index in [1.807, 2.05) is 6.07 Å². The van der Waals surface area contributed by atoms with Gasteiger partial charge in [-0.1, -0.05) is 0 Å². The van der Waals surface area contributed by atoms with Crippen molar-refractivity contribution in [2.75, 3.05) is 6.61 Å². The average Bonchev–Trinajstić information content (AvgIpc) is 2.26. The average molecular weight is 228 g/mol. The third-order valence-electron chi connectivity index (χ3n) is 1.86. The second kappa shape index (κ2) is 6.26. The number of hydrogen-bond donors (Lipinski definition) is 0. The van der Waals surface area contributed by atoms with Crippen LogP contribution in [0.5, 0.6) is 5.75 Å². The fourth-order valence-corrected chi connectivity index (χ4v) is 1.34. The normalized spacial score (nSPS) is 9.67. The van der Waals surface area contributed by atoms with Crippen LogP contribution in [0.1, 0.15) is 18.4 Å². The van der Waals surface area contributed by atoms with Crippen molar-refractivity contribution in [1.82, 2.24) is 0 Å². The van der Waals surface area contributed by atoms with Crippen molar-refractivity contribution >= 4 is 11.6 Å². The van der Waals surface area contributed by atoms with Crippen molar-refractivity contribution in [3.05, 3.63) is 29.6 Å². The number of alkyl halides is 1. The molecule has 0 saturated carbocycles. The maximum atomic E-state index is 12.8. The lowest BCUT2D eigenvalue weighted by Gasteiger charge is -2.08. The van der Waals surface area contributed by atoms with E-state index in [1.165, 1.54) is 12.1 Å². The monoisotopic (exact) mass is 227 g/mol. The van der Waals surface area contributed by atoms with E-state index in [-0.39, 0.29) is 11.7 Å². The van der Waals surface area contributed by atoms with Crippen LogP contribution in [0, 0.1) is 17.1 Å². The first kappa shape index (κ1) is 11.8. The summed E-state index contributed by atoms with van der Waals surface area (Å²) in [6.45, 7) is 0.448. The molecule has 0 fully saturated rings. The Morgan fingerprint density at radius 2 is 2.27 bits per heavy atom. The Morgan fingerprint density at radius 1 is 1.47 bits per heavy atom. The Balaban J connectivity index is 2.57. The summed E-state index contributed by atoms with van der Waals surface area (Å²) in [7, 11) is 0. The Hall–Kier alpha value is -1.27. The summed E-state index contributed by atoms with van der Waals surface area (Å²) in [4.78, 5) is 0. The van der Waals surface area contributed by atoms with Gasteiger partial charge in [0.05, 0.1) is 18.6 Å². The fraction of sp³-hybridized carbons (Fsp3) is 0.364. The summed E-state index contributed by atoms with van der Waals surface area (Å²) in [6.07, 6.45) is 1.12. The highest BCUT2D eigenvalue weighted by Crippen LogP contribution is 2.21. The van der Waals surface area contributed by atoms with E-state index in [4.69, 9.17) is 21.6 Å². The van der Waals surface area contributed by atoms with Crippen molar-refractivity contribution in [1.29, 1.82) is 5.26 Å². The third-order valence-corrected chi connectivity index (χ3v) is 2.14. The van der Waals surface area contributed by atoms with E-state index < -0.39 is 0 Å². The molecule has 0 unspecified atom stereocenters. The van der Waals surface area contributed by atoms with Gasteiger partial charge in [-0.2, -0.15) is 5.26 Å². The van der Waals surface area contributed by atoms with Crippen LogP contribution >= 0.6 is 11.6 Å². The summed E-state index contributed by atoms with van der Waals surface area (Å²) < 4.78 is 18.2. The number of rotatable bonds is 5. The van der Waals surface area contributed by atoms with Crippen molar-refractivity contribution < 1.29 is 9.13 Å². The van der Waals surface area contributed by atoms with Gasteiger partial charge in [-0.15, -0.1) is 11.6 Å².